The summed E-state index contributed by atoms with van der Waals surface area (Å²) in [7, 11) is 0. The smallest absolute Gasteiger partial charge is 0.394 e. The standard InChI is InChI=1S/C17H15F4N5O3S/c18-12-8(2-1-3-10(12)17(19,20)21)7-30-16-25-14(23-9(5-27)6-28)13-15(26-16)24-11(29)4-22-13/h1-4,9,27-28H,5-7H2,(H2,23,24,25,26,29). The minimum atomic E-state index is -4.82. The highest BCUT2D eigenvalue weighted by Crippen LogP contribution is 2.34. The van der Waals surface area contributed by atoms with Gasteiger partial charge < -0.3 is 20.5 Å². The Bertz CT molecular complexity index is 1100. The molecule has 0 aliphatic heterocycles. The van der Waals surface area contributed by atoms with Gasteiger partial charge in [-0.05, 0) is 11.6 Å². The highest BCUT2D eigenvalue weighted by atomic mass is 32.2. The summed E-state index contributed by atoms with van der Waals surface area (Å²) in [6.07, 6.45) is -3.83. The van der Waals surface area contributed by atoms with Crippen molar-refractivity contribution in [3.8, 4) is 0 Å². The first-order valence-corrected chi connectivity index (χ1v) is 9.44. The first-order chi connectivity index (χ1) is 14.2. The number of fused-ring (bicyclic) bond motifs is 1. The molecular formula is C17H15F4N5O3S. The van der Waals surface area contributed by atoms with Gasteiger partial charge in [-0.2, -0.15) is 13.2 Å². The molecule has 0 radical (unpaired) electrons. The third-order valence-electron chi connectivity index (χ3n) is 3.94. The summed E-state index contributed by atoms with van der Waals surface area (Å²) in [5.74, 6) is -1.52. The fraction of sp³-hybridized carbons (Fsp3) is 0.294. The number of thioether (sulfide) groups is 1. The van der Waals surface area contributed by atoms with Gasteiger partial charge in [0.25, 0.3) is 5.56 Å². The maximum absolute atomic E-state index is 14.2. The van der Waals surface area contributed by atoms with E-state index in [2.05, 4.69) is 25.3 Å². The molecule has 0 aliphatic rings. The molecule has 1 aromatic carbocycles. The van der Waals surface area contributed by atoms with E-state index >= 15 is 0 Å². The first kappa shape index (κ1) is 21.9. The maximum atomic E-state index is 14.2. The Morgan fingerprint density at radius 2 is 1.93 bits per heavy atom. The largest absolute Gasteiger partial charge is 0.419 e. The van der Waals surface area contributed by atoms with Crippen molar-refractivity contribution in [2.24, 2.45) is 0 Å². The fourth-order valence-electron chi connectivity index (χ4n) is 2.48. The number of halogens is 4. The van der Waals surface area contributed by atoms with Crippen LogP contribution in [0, 0.1) is 5.82 Å². The highest BCUT2D eigenvalue weighted by Gasteiger charge is 2.34. The van der Waals surface area contributed by atoms with Crippen LogP contribution in [0.2, 0.25) is 0 Å². The van der Waals surface area contributed by atoms with E-state index in [1.807, 2.05) is 0 Å². The van der Waals surface area contributed by atoms with Crippen molar-refractivity contribution in [3.63, 3.8) is 0 Å². The molecule has 3 rings (SSSR count). The van der Waals surface area contributed by atoms with E-state index < -0.39 is 42.4 Å². The van der Waals surface area contributed by atoms with Crippen molar-refractivity contribution in [1.82, 2.24) is 19.9 Å². The topological polar surface area (TPSA) is 124 Å². The number of alkyl halides is 3. The fourth-order valence-corrected chi connectivity index (χ4v) is 3.30. The Kier molecular flexibility index (Phi) is 6.53. The lowest BCUT2D eigenvalue weighted by Gasteiger charge is -2.15. The third-order valence-corrected chi connectivity index (χ3v) is 4.83. The summed E-state index contributed by atoms with van der Waals surface area (Å²) >= 11 is 0.840. The Hall–Kier alpha value is -2.77. The third kappa shape index (κ3) is 4.86. The van der Waals surface area contributed by atoms with Crippen molar-refractivity contribution >= 4 is 28.7 Å². The molecule has 30 heavy (non-hydrogen) atoms. The number of hydrogen-bond donors (Lipinski definition) is 4. The monoisotopic (exact) mass is 445 g/mol. The van der Waals surface area contributed by atoms with E-state index in [-0.39, 0.29) is 33.5 Å². The van der Waals surface area contributed by atoms with Crippen LogP contribution in [0.3, 0.4) is 0 Å². The van der Waals surface area contributed by atoms with Crippen LogP contribution in [0.4, 0.5) is 23.4 Å². The molecular weight excluding hydrogens is 430 g/mol. The Balaban J connectivity index is 1.94. The van der Waals surface area contributed by atoms with E-state index in [1.54, 1.807) is 0 Å². The number of rotatable bonds is 7. The highest BCUT2D eigenvalue weighted by molar-refractivity contribution is 7.98. The first-order valence-electron chi connectivity index (χ1n) is 8.45. The predicted octanol–water partition coefficient (Wildman–Crippen LogP) is 1.93. The number of benzene rings is 1. The normalized spacial score (nSPS) is 12.0. The van der Waals surface area contributed by atoms with Gasteiger partial charge in [-0.1, -0.05) is 23.9 Å². The van der Waals surface area contributed by atoms with Gasteiger partial charge in [0.2, 0.25) is 0 Å². The van der Waals surface area contributed by atoms with Crippen LogP contribution < -0.4 is 10.9 Å². The number of hydrogen-bond acceptors (Lipinski definition) is 8. The second kappa shape index (κ2) is 8.93. The SMILES string of the molecule is O=c1cnc2c(NC(CO)CO)nc(SCc3cccc(C(F)(F)F)c3F)nc2[nH]1. The average Bonchev–Trinajstić information content (AvgIpc) is 2.69. The van der Waals surface area contributed by atoms with E-state index in [1.165, 1.54) is 6.07 Å². The molecule has 4 N–H and O–H groups in total. The number of H-pyrrole nitrogens is 1. The molecule has 0 spiro atoms. The second-order valence-corrected chi connectivity index (χ2v) is 7.01. The molecule has 0 bridgehead atoms. The Morgan fingerprint density at radius 3 is 2.60 bits per heavy atom. The van der Waals surface area contributed by atoms with Crippen LogP contribution in [0.5, 0.6) is 0 Å². The molecule has 0 amide bonds. The molecule has 160 valence electrons. The van der Waals surface area contributed by atoms with Gasteiger partial charge in [0.05, 0.1) is 31.0 Å². The second-order valence-electron chi connectivity index (χ2n) is 6.07. The quantitative estimate of drug-likeness (QED) is 0.247. The van der Waals surface area contributed by atoms with Crippen LogP contribution in [-0.2, 0) is 11.9 Å². The number of aliphatic hydroxyl groups excluding tert-OH is 2. The molecule has 8 nitrogen and oxygen atoms in total. The van der Waals surface area contributed by atoms with Crippen LogP contribution >= 0.6 is 11.8 Å². The summed E-state index contributed by atoms with van der Waals surface area (Å²) in [5.41, 5.74) is -1.94. The van der Waals surface area contributed by atoms with Crippen molar-refractivity contribution in [2.45, 2.75) is 23.1 Å². The number of anilines is 1. The van der Waals surface area contributed by atoms with E-state index in [4.69, 9.17) is 0 Å². The van der Waals surface area contributed by atoms with Gasteiger partial charge in [-0.3, -0.25) is 4.79 Å². The summed E-state index contributed by atoms with van der Waals surface area (Å²) < 4.78 is 52.9. The van der Waals surface area contributed by atoms with Crippen molar-refractivity contribution in [3.05, 3.63) is 51.7 Å². The van der Waals surface area contributed by atoms with Crippen LogP contribution in [0.1, 0.15) is 11.1 Å². The minimum Gasteiger partial charge on any atom is -0.394 e. The number of aromatic nitrogens is 4. The Morgan fingerprint density at radius 1 is 1.20 bits per heavy atom. The minimum absolute atomic E-state index is 0.0140. The number of aliphatic hydroxyl groups is 2. The van der Waals surface area contributed by atoms with Crippen LogP contribution in [-0.4, -0.2) is 49.4 Å². The van der Waals surface area contributed by atoms with Crippen molar-refractivity contribution in [2.75, 3.05) is 18.5 Å². The number of aromatic amines is 1. The van der Waals surface area contributed by atoms with Gasteiger partial charge in [0.15, 0.2) is 16.6 Å². The van der Waals surface area contributed by atoms with Gasteiger partial charge in [0.1, 0.15) is 11.3 Å². The summed E-state index contributed by atoms with van der Waals surface area (Å²) in [5, 5.41) is 21.3. The molecule has 2 aromatic heterocycles. The lowest BCUT2D eigenvalue weighted by atomic mass is 10.1. The van der Waals surface area contributed by atoms with E-state index in [0.717, 1.165) is 24.0 Å². The van der Waals surface area contributed by atoms with Gasteiger partial charge in [-0.25, -0.2) is 19.3 Å². The zero-order valence-electron chi connectivity index (χ0n) is 15.1. The molecule has 3 aromatic rings. The maximum Gasteiger partial charge on any atom is 0.419 e. The predicted molar refractivity (Wildman–Crippen MR) is 100 cm³/mol. The van der Waals surface area contributed by atoms with Gasteiger partial charge in [-0.15, -0.1) is 0 Å². The summed E-state index contributed by atoms with van der Waals surface area (Å²) in [4.78, 5) is 26.2. The lowest BCUT2D eigenvalue weighted by molar-refractivity contribution is -0.140. The van der Waals surface area contributed by atoms with Gasteiger partial charge >= 0.3 is 6.18 Å². The van der Waals surface area contributed by atoms with Crippen molar-refractivity contribution < 1.29 is 27.8 Å². The number of nitrogens with one attached hydrogen (secondary N) is 2. The molecule has 2 heterocycles. The molecule has 0 saturated carbocycles. The zero-order chi connectivity index (χ0) is 21.9. The van der Waals surface area contributed by atoms with E-state index in [0.29, 0.717) is 6.07 Å². The number of nitrogens with zero attached hydrogens (tertiary/aromatic N) is 3. The zero-order valence-corrected chi connectivity index (χ0v) is 15.9. The van der Waals surface area contributed by atoms with E-state index in [9.17, 15) is 32.6 Å². The Labute approximate surface area is 170 Å². The molecule has 0 unspecified atom stereocenters. The molecule has 13 heteroatoms. The average molecular weight is 445 g/mol. The van der Waals surface area contributed by atoms with Gasteiger partial charge in [0, 0.05) is 5.75 Å². The summed E-state index contributed by atoms with van der Waals surface area (Å²) in [6, 6.07) is 2.19. The summed E-state index contributed by atoms with van der Waals surface area (Å²) in [6.45, 7) is -0.855. The molecule has 0 saturated heterocycles. The van der Waals surface area contributed by atoms with Crippen LogP contribution in [0.25, 0.3) is 11.2 Å². The molecule has 0 fully saturated rings. The van der Waals surface area contributed by atoms with Crippen LogP contribution in [0.15, 0.2) is 34.3 Å². The molecule has 0 aliphatic carbocycles. The lowest BCUT2D eigenvalue weighted by Crippen LogP contribution is -2.28. The molecule has 0 atom stereocenters. The van der Waals surface area contributed by atoms with Crippen molar-refractivity contribution in [1.29, 1.82) is 0 Å².